The number of piperazine rings is 2. The van der Waals surface area contributed by atoms with Gasteiger partial charge in [0, 0.05) is 59.0 Å². The minimum atomic E-state index is 0.0378. The first-order valence-electron chi connectivity index (χ1n) is 14.9. The molecule has 0 aromatic heterocycles. The Kier molecular flexibility index (Phi) is 9.17. The zero-order valence-corrected chi connectivity index (χ0v) is 22.4. The summed E-state index contributed by atoms with van der Waals surface area (Å²) in [7, 11) is 1.83. The van der Waals surface area contributed by atoms with Crippen molar-refractivity contribution in [2.24, 2.45) is 5.92 Å². The van der Waals surface area contributed by atoms with Crippen molar-refractivity contribution in [3.05, 3.63) is 0 Å². The van der Waals surface area contributed by atoms with Gasteiger partial charge in [0.15, 0.2) is 6.04 Å². The van der Waals surface area contributed by atoms with Crippen molar-refractivity contribution in [2.45, 2.75) is 94.6 Å². The largest absolute Gasteiger partial charge is 0.381 e. The number of quaternary nitrogens is 2. The molecule has 204 valence electrons. The summed E-state index contributed by atoms with van der Waals surface area (Å²) in [4.78, 5) is 31.8. The number of nitrogens with zero attached hydrogens (tertiary/aromatic N) is 2. The monoisotopic (exact) mass is 506 g/mol. The maximum atomic E-state index is 13.0. The molecule has 9 heteroatoms. The van der Waals surface area contributed by atoms with Crippen molar-refractivity contribution in [1.82, 2.24) is 20.4 Å². The number of methoxy groups -OCH3 is 1. The zero-order valence-electron chi connectivity index (χ0n) is 22.4. The van der Waals surface area contributed by atoms with E-state index in [0.29, 0.717) is 43.2 Å². The molecule has 5 fully saturated rings. The molecule has 5 atom stereocenters. The Bertz CT molecular complexity index is 731. The third-order valence-corrected chi connectivity index (χ3v) is 9.87. The summed E-state index contributed by atoms with van der Waals surface area (Å²) >= 11 is 0. The Hall–Kier alpha value is -1.26. The highest BCUT2D eigenvalue weighted by molar-refractivity contribution is 5.81. The van der Waals surface area contributed by atoms with Crippen LogP contribution in [-0.2, 0) is 14.3 Å². The predicted octanol–water partition coefficient (Wildman–Crippen LogP) is -1.70. The fraction of sp³-hybridized carbons (Fsp3) is 0.926. The number of nitrogens with two attached hydrogens (primary N) is 1. The molecule has 4 heterocycles. The summed E-state index contributed by atoms with van der Waals surface area (Å²) in [5.74, 6) is 1.23. The van der Waals surface area contributed by atoms with E-state index >= 15 is 0 Å². The molecule has 5 aliphatic rings. The molecule has 4 saturated heterocycles. The third-order valence-electron chi connectivity index (χ3n) is 9.87. The molecule has 0 spiro atoms. The highest BCUT2D eigenvalue weighted by atomic mass is 16.5. The van der Waals surface area contributed by atoms with Gasteiger partial charge in [0.1, 0.15) is 12.2 Å². The maximum absolute atomic E-state index is 13.0. The summed E-state index contributed by atoms with van der Waals surface area (Å²) in [5.41, 5.74) is 0. The Balaban J connectivity index is 1.04. The van der Waals surface area contributed by atoms with Crippen LogP contribution in [0.15, 0.2) is 0 Å². The van der Waals surface area contributed by atoms with Gasteiger partial charge in [-0.15, -0.1) is 0 Å². The third kappa shape index (κ3) is 6.41. The van der Waals surface area contributed by atoms with E-state index in [1.54, 1.807) is 0 Å². The minimum absolute atomic E-state index is 0.0378. The van der Waals surface area contributed by atoms with Gasteiger partial charge < -0.3 is 30.5 Å². The quantitative estimate of drug-likeness (QED) is 0.315. The van der Waals surface area contributed by atoms with Crippen LogP contribution in [-0.4, -0.2) is 111 Å². The molecule has 0 aromatic carbocycles. The first-order valence-corrected chi connectivity index (χ1v) is 14.9. The molecule has 5 rings (SSSR count). The van der Waals surface area contributed by atoms with Gasteiger partial charge in [-0.1, -0.05) is 0 Å². The van der Waals surface area contributed by atoms with Gasteiger partial charge >= 0.3 is 0 Å². The van der Waals surface area contributed by atoms with Crippen molar-refractivity contribution in [1.29, 1.82) is 0 Å². The van der Waals surface area contributed by atoms with Crippen molar-refractivity contribution in [2.75, 3.05) is 59.5 Å². The Morgan fingerprint density at radius 2 is 1.94 bits per heavy atom. The highest BCUT2D eigenvalue weighted by Gasteiger charge is 2.47. The Morgan fingerprint density at radius 3 is 2.67 bits per heavy atom. The van der Waals surface area contributed by atoms with Crippen molar-refractivity contribution in [3.63, 3.8) is 0 Å². The lowest BCUT2D eigenvalue weighted by molar-refractivity contribution is -0.930. The van der Waals surface area contributed by atoms with E-state index in [1.807, 2.05) is 7.11 Å². The lowest BCUT2D eigenvalue weighted by Crippen LogP contribution is -3.21. The van der Waals surface area contributed by atoms with Gasteiger partial charge in [-0.2, -0.15) is 0 Å². The van der Waals surface area contributed by atoms with Crippen molar-refractivity contribution in [3.8, 4) is 0 Å². The van der Waals surface area contributed by atoms with Crippen molar-refractivity contribution >= 4 is 11.8 Å². The number of piperidine rings is 1. The lowest BCUT2D eigenvalue weighted by atomic mass is 9.87. The van der Waals surface area contributed by atoms with E-state index in [2.05, 4.69) is 25.8 Å². The average molecular weight is 507 g/mol. The van der Waals surface area contributed by atoms with Crippen LogP contribution in [0.1, 0.15) is 64.2 Å². The van der Waals surface area contributed by atoms with Crippen LogP contribution in [0.4, 0.5) is 0 Å². The summed E-state index contributed by atoms with van der Waals surface area (Å²) in [6.07, 6.45) is 12.2. The number of amides is 2. The molecule has 0 radical (unpaired) electrons. The fourth-order valence-corrected chi connectivity index (χ4v) is 7.52. The van der Waals surface area contributed by atoms with Crippen molar-refractivity contribution < 1.29 is 24.5 Å². The van der Waals surface area contributed by atoms with Gasteiger partial charge in [-0.3, -0.25) is 14.5 Å². The van der Waals surface area contributed by atoms with Crippen LogP contribution >= 0.6 is 0 Å². The Labute approximate surface area is 217 Å². The molecule has 5 N–H and O–H groups in total. The van der Waals surface area contributed by atoms with Gasteiger partial charge in [-0.25, -0.2) is 0 Å². The van der Waals surface area contributed by atoms with Gasteiger partial charge in [0.2, 0.25) is 5.91 Å². The fourth-order valence-electron chi connectivity index (χ4n) is 7.52. The summed E-state index contributed by atoms with van der Waals surface area (Å²) < 4.78 is 5.51. The standard InChI is InChI=1S/C27H48N6O3/c1-36-23-8-5-20(6-9-23)17-29-21-16-24-27(35)30-18-22(33(24)19-21)7-10-26(34)32-14-12-31(13-15-32)25-4-2-3-11-28-25/h20-25,28-29H,2-19H2,1H3,(H,30,35)/p+2. The summed E-state index contributed by atoms with van der Waals surface area (Å²) in [6, 6.07) is 0.784. The Morgan fingerprint density at radius 1 is 1.14 bits per heavy atom. The van der Waals surface area contributed by atoms with E-state index in [4.69, 9.17) is 4.74 Å². The van der Waals surface area contributed by atoms with Crippen LogP contribution in [0.25, 0.3) is 0 Å². The van der Waals surface area contributed by atoms with Gasteiger partial charge in [0.25, 0.3) is 5.91 Å². The molecular weight excluding hydrogens is 456 g/mol. The molecule has 9 nitrogen and oxygen atoms in total. The van der Waals surface area contributed by atoms with Crippen LogP contribution in [0.2, 0.25) is 0 Å². The van der Waals surface area contributed by atoms with Crippen LogP contribution in [0.5, 0.6) is 0 Å². The molecule has 5 unspecified atom stereocenters. The number of fused-ring (bicyclic) bond motifs is 1. The van der Waals surface area contributed by atoms with Gasteiger partial charge in [-0.05, 0) is 51.0 Å². The first-order chi connectivity index (χ1) is 17.6. The predicted molar refractivity (Wildman–Crippen MR) is 137 cm³/mol. The number of hydrogen-bond acceptors (Lipinski definition) is 5. The molecule has 4 aliphatic heterocycles. The van der Waals surface area contributed by atoms with E-state index < -0.39 is 0 Å². The van der Waals surface area contributed by atoms with E-state index in [-0.39, 0.29) is 11.9 Å². The number of hydrogen-bond donors (Lipinski definition) is 4. The topological polar surface area (TPSA) is 95.0 Å². The molecular formula is C27H50N6O3+2. The first kappa shape index (κ1) is 26.4. The number of carbonyl (C=O) groups excluding carboxylic acids is 2. The number of ether oxygens (including phenoxy) is 1. The molecule has 1 aliphatic carbocycles. The van der Waals surface area contributed by atoms with E-state index in [9.17, 15) is 9.59 Å². The zero-order chi connectivity index (χ0) is 24.9. The van der Waals surface area contributed by atoms with Gasteiger partial charge in [0.05, 0.1) is 31.8 Å². The average Bonchev–Trinajstić information content (AvgIpc) is 3.38. The van der Waals surface area contributed by atoms with E-state index in [1.165, 1.54) is 56.4 Å². The molecule has 0 aromatic rings. The number of nitrogens with one attached hydrogen (secondary N) is 3. The van der Waals surface area contributed by atoms with Crippen LogP contribution in [0, 0.1) is 5.92 Å². The smallest absolute Gasteiger partial charge is 0.278 e. The molecule has 0 bridgehead atoms. The second-order valence-corrected chi connectivity index (χ2v) is 12.0. The molecule has 2 amide bonds. The minimum Gasteiger partial charge on any atom is -0.381 e. The van der Waals surface area contributed by atoms with Crippen LogP contribution in [0.3, 0.4) is 0 Å². The normalized spacial score (nSPS) is 38.0. The summed E-state index contributed by atoms with van der Waals surface area (Å²) in [5, 5.41) is 9.44. The van der Waals surface area contributed by atoms with Crippen LogP contribution < -0.4 is 20.9 Å². The number of carbonyl (C=O) groups is 2. The molecule has 1 saturated carbocycles. The molecule has 36 heavy (non-hydrogen) atoms. The highest BCUT2D eigenvalue weighted by Crippen LogP contribution is 2.25. The SMILES string of the molecule is COC1CCC(CNC2CC3C(=O)NCC(CCC(=O)N4CCN(C5CCCC[NH2+]5)CC4)[NH+]3C2)CC1. The maximum Gasteiger partial charge on any atom is 0.278 e. The second kappa shape index (κ2) is 12.5. The second-order valence-electron chi connectivity index (χ2n) is 12.0. The summed E-state index contributed by atoms with van der Waals surface area (Å²) in [6.45, 7) is 7.74. The van der Waals surface area contributed by atoms with E-state index in [0.717, 1.165) is 58.0 Å². The number of rotatable bonds is 8. The lowest BCUT2D eigenvalue weighted by Gasteiger charge is -2.39.